The molecule has 0 bridgehead atoms. The average molecular weight is 303 g/mol. The van der Waals surface area contributed by atoms with Gasteiger partial charge < -0.3 is 10.7 Å². The highest BCUT2D eigenvalue weighted by Gasteiger charge is 2.06. The van der Waals surface area contributed by atoms with Crippen molar-refractivity contribution in [2.24, 2.45) is 0 Å². The van der Waals surface area contributed by atoms with Crippen molar-refractivity contribution < 1.29 is 0 Å². The van der Waals surface area contributed by atoms with E-state index in [2.05, 4.69) is 30.9 Å². The molecule has 3 rings (SSSR count). The molecular formula is C13H11BrN4. The van der Waals surface area contributed by atoms with E-state index in [-0.39, 0.29) is 0 Å². The number of hydrogen-bond acceptors (Lipinski definition) is 3. The van der Waals surface area contributed by atoms with Crippen LogP contribution < -0.4 is 5.73 Å². The molecule has 5 heteroatoms. The Morgan fingerprint density at radius 1 is 1.28 bits per heavy atom. The highest BCUT2D eigenvalue weighted by molar-refractivity contribution is 9.10. The van der Waals surface area contributed by atoms with Crippen LogP contribution in [-0.4, -0.2) is 15.0 Å². The number of aromatic nitrogens is 3. The van der Waals surface area contributed by atoms with Crippen LogP contribution in [0, 0.1) is 0 Å². The molecular weight excluding hydrogens is 292 g/mol. The first-order chi connectivity index (χ1) is 8.72. The molecule has 0 fully saturated rings. The molecule has 0 unspecified atom stereocenters. The van der Waals surface area contributed by atoms with Gasteiger partial charge in [0.2, 0.25) is 0 Å². The van der Waals surface area contributed by atoms with Crippen molar-refractivity contribution in [3.8, 4) is 0 Å². The summed E-state index contributed by atoms with van der Waals surface area (Å²) in [5.41, 5.74) is 9.42. The lowest BCUT2D eigenvalue weighted by atomic mass is 10.1. The third kappa shape index (κ3) is 2.09. The summed E-state index contributed by atoms with van der Waals surface area (Å²) in [5.74, 6) is 0.869. The van der Waals surface area contributed by atoms with Crippen LogP contribution in [0.25, 0.3) is 11.2 Å². The fourth-order valence-electron chi connectivity index (χ4n) is 1.88. The first kappa shape index (κ1) is 11.2. The van der Waals surface area contributed by atoms with Gasteiger partial charge in [-0.2, -0.15) is 0 Å². The van der Waals surface area contributed by atoms with Gasteiger partial charge in [0.25, 0.3) is 0 Å². The molecule has 2 heterocycles. The van der Waals surface area contributed by atoms with E-state index in [0.29, 0.717) is 6.42 Å². The Labute approximate surface area is 112 Å². The van der Waals surface area contributed by atoms with Crippen LogP contribution in [0.1, 0.15) is 11.4 Å². The summed E-state index contributed by atoms with van der Waals surface area (Å²) in [6.45, 7) is 0. The second kappa shape index (κ2) is 4.42. The fourth-order valence-corrected chi connectivity index (χ4v) is 2.21. The lowest BCUT2D eigenvalue weighted by molar-refractivity contribution is 1.04. The molecule has 0 spiro atoms. The number of para-hydroxylation sites is 1. The zero-order valence-electron chi connectivity index (χ0n) is 9.52. The Kier molecular flexibility index (Phi) is 2.76. The second-order valence-electron chi connectivity index (χ2n) is 4.08. The van der Waals surface area contributed by atoms with Gasteiger partial charge in [-0.3, -0.25) is 0 Å². The summed E-state index contributed by atoms with van der Waals surface area (Å²) in [6, 6.07) is 9.77. The summed E-state index contributed by atoms with van der Waals surface area (Å²) in [6.07, 6.45) is 2.42. The molecule has 0 aliphatic heterocycles. The molecule has 3 N–H and O–H groups in total. The second-order valence-corrected chi connectivity index (χ2v) is 5.00. The minimum atomic E-state index is 0.681. The maximum absolute atomic E-state index is 5.92. The zero-order valence-corrected chi connectivity index (χ0v) is 11.1. The number of hydrogen-bond donors (Lipinski definition) is 2. The summed E-state index contributed by atoms with van der Waals surface area (Å²) in [5, 5.41) is 0. The molecule has 0 amide bonds. The number of nitrogens with two attached hydrogens (primary N) is 1. The number of benzene rings is 1. The molecule has 0 saturated heterocycles. The predicted octanol–water partition coefficient (Wildman–Crippen LogP) is 2.89. The largest absolute Gasteiger partial charge is 0.398 e. The van der Waals surface area contributed by atoms with Crippen molar-refractivity contribution in [3.05, 3.63) is 52.4 Å². The molecule has 0 aliphatic rings. The summed E-state index contributed by atoms with van der Waals surface area (Å²) in [7, 11) is 0. The van der Waals surface area contributed by atoms with Crippen molar-refractivity contribution in [1.82, 2.24) is 15.0 Å². The van der Waals surface area contributed by atoms with E-state index in [4.69, 9.17) is 5.73 Å². The van der Waals surface area contributed by atoms with E-state index in [0.717, 1.165) is 32.7 Å². The minimum absolute atomic E-state index is 0.681. The van der Waals surface area contributed by atoms with Crippen molar-refractivity contribution in [1.29, 1.82) is 0 Å². The van der Waals surface area contributed by atoms with Crippen LogP contribution >= 0.6 is 15.9 Å². The Morgan fingerprint density at radius 2 is 2.11 bits per heavy atom. The van der Waals surface area contributed by atoms with Crippen LogP contribution in [0.2, 0.25) is 0 Å². The topological polar surface area (TPSA) is 67.6 Å². The van der Waals surface area contributed by atoms with Gasteiger partial charge in [-0.05, 0) is 33.6 Å². The Bertz CT molecular complexity index is 705. The maximum atomic E-state index is 5.92. The van der Waals surface area contributed by atoms with Gasteiger partial charge in [0.15, 0.2) is 5.65 Å². The van der Waals surface area contributed by atoms with E-state index >= 15 is 0 Å². The molecule has 1 aromatic carbocycles. The molecule has 0 saturated carbocycles. The molecule has 0 atom stereocenters. The third-order valence-corrected chi connectivity index (χ3v) is 3.20. The van der Waals surface area contributed by atoms with Gasteiger partial charge in [-0.25, -0.2) is 9.97 Å². The number of aromatic amines is 1. The summed E-state index contributed by atoms with van der Waals surface area (Å²) in [4.78, 5) is 11.9. The molecule has 4 nitrogen and oxygen atoms in total. The zero-order chi connectivity index (χ0) is 12.5. The van der Waals surface area contributed by atoms with Crippen LogP contribution in [-0.2, 0) is 6.42 Å². The van der Waals surface area contributed by atoms with Gasteiger partial charge in [-0.1, -0.05) is 18.2 Å². The Balaban J connectivity index is 1.98. The van der Waals surface area contributed by atoms with E-state index in [9.17, 15) is 0 Å². The summed E-state index contributed by atoms with van der Waals surface area (Å²) >= 11 is 3.39. The van der Waals surface area contributed by atoms with Gasteiger partial charge in [0.05, 0.1) is 5.52 Å². The molecule has 90 valence electrons. The number of H-pyrrole nitrogens is 1. The average Bonchev–Trinajstić information content (AvgIpc) is 2.73. The number of nitrogens with zero attached hydrogens (tertiary/aromatic N) is 2. The predicted molar refractivity (Wildman–Crippen MR) is 75.2 cm³/mol. The maximum Gasteiger partial charge on any atom is 0.177 e. The highest BCUT2D eigenvalue weighted by atomic mass is 79.9. The SMILES string of the molecule is Nc1ccccc1Cc1nc2ncc(Br)cc2[nH]1. The smallest absolute Gasteiger partial charge is 0.177 e. The van der Waals surface area contributed by atoms with Crippen LogP contribution in [0.4, 0.5) is 5.69 Å². The van der Waals surface area contributed by atoms with Gasteiger partial charge in [-0.15, -0.1) is 0 Å². The van der Waals surface area contributed by atoms with E-state index in [1.807, 2.05) is 30.3 Å². The number of anilines is 1. The van der Waals surface area contributed by atoms with Gasteiger partial charge in [0.1, 0.15) is 5.82 Å². The fraction of sp³-hybridized carbons (Fsp3) is 0.0769. The number of nitrogens with one attached hydrogen (secondary N) is 1. The first-order valence-electron chi connectivity index (χ1n) is 5.56. The standard InChI is InChI=1S/C13H11BrN4/c14-9-6-11-13(16-7-9)18-12(17-11)5-8-3-1-2-4-10(8)15/h1-4,6-7H,5,15H2,(H,16,17,18). The molecule has 2 aromatic heterocycles. The third-order valence-electron chi connectivity index (χ3n) is 2.77. The lowest BCUT2D eigenvalue weighted by Gasteiger charge is -2.01. The van der Waals surface area contributed by atoms with Crippen LogP contribution in [0.15, 0.2) is 41.0 Å². The van der Waals surface area contributed by atoms with Crippen molar-refractivity contribution in [2.45, 2.75) is 6.42 Å². The van der Waals surface area contributed by atoms with E-state index in [1.165, 1.54) is 0 Å². The monoisotopic (exact) mass is 302 g/mol. The van der Waals surface area contributed by atoms with Crippen molar-refractivity contribution >= 4 is 32.8 Å². The molecule has 3 aromatic rings. The number of halogens is 1. The van der Waals surface area contributed by atoms with Crippen LogP contribution in [0.5, 0.6) is 0 Å². The highest BCUT2D eigenvalue weighted by Crippen LogP contribution is 2.18. The number of nitrogen functional groups attached to an aromatic ring is 1. The lowest BCUT2D eigenvalue weighted by Crippen LogP contribution is -1.96. The Hall–Kier alpha value is -1.88. The number of rotatable bonds is 2. The number of imidazole rings is 1. The van der Waals surface area contributed by atoms with Crippen molar-refractivity contribution in [2.75, 3.05) is 5.73 Å². The minimum Gasteiger partial charge on any atom is -0.398 e. The van der Waals surface area contributed by atoms with Crippen molar-refractivity contribution in [3.63, 3.8) is 0 Å². The van der Waals surface area contributed by atoms with Gasteiger partial charge >= 0.3 is 0 Å². The molecule has 0 radical (unpaired) electrons. The molecule has 18 heavy (non-hydrogen) atoms. The Morgan fingerprint density at radius 3 is 2.94 bits per heavy atom. The number of pyridine rings is 1. The van der Waals surface area contributed by atoms with E-state index < -0.39 is 0 Å². The number of fused-ring (bicyclic) bond motifs is 1. The molecule has 0 aliphatic carbocycles. The van der Waals surface area contributed by atoms with Gasteiger partial charge in [0, 0.05) is 22.8 Å². The first-order valence-corrected chi connectivity index (χ1v) is 6.35. The quantitative estimate of drug-likeness (QED) is 0.715. The van der Waals surface area contributed by atoms with E-state index in [1.54, 1.807) is 6.20 Å². The van der Waals surface area contributed by atoms with Crippen LogP contribution in [0.3, 0.4) is 0 Å². The normalized spacial score (nSPS) is 10.9. The summed E-state index contributed by atoms with van der Waals surface area (Å²) < 4.78 is 0.935.